The molecule has 5 heteroatoms. The van der Waals surface area contributed by atoms with Crippen LogP contribution in [-0.2, 0) is 9.53 Å². The lowest BCUT2D eigenvalue weighted by atomic mass is 9.95. The third-order valence-electron chi connectivity index (χ3n) is 3.31. The van der Waals surface area contributed by atoms with Crippen LogP contribution in [0.25, 0.3) is 0 Å². The first kappa shape index (κ1) is 17.1. The van der Waals surface area contributed by atoms with Gasteiger partial charge in [-0.15, -0.1) is 0 Å². The molecule has 0 saturated carbocycles. The van der Waals surface area contributed by atoms with E-state index in [4.69, 9.17) is 9.84 Å². The molecule has 0 saturated heterocycles. The maximum Gasteiger partial charge on any atom is 0.227 e. The number of aliphatic hydroxyl groups excluding tert-OH is 1. The van der Waals surface area contributed by atoms with Gasteiger partial charge in [0.15, 0.2) is 0 Å². The predicted octanol–water partition coefficient (Wildman–Crippen LogP) is 2.46. The van der Waals surface area contributed by atoms with Gasteiger partial charge in [0.1, 0.15) is 0 Å². The molecule has 0 bridgehead atoms. The molecule has 0 aliphatic heterocycles. The average molecular weight is 344 g/mol. The molecule has 0 aliphatic rings. The molecular weight excluding hydrogens is 322 g/mol. The Morgan fingerprint density at radius 2 is 2.05 bits per heavy atom. The lowest BCUT2D eigenvalue weighted by molar-refractivity contribution is -0.124. The van der Waals surface area contributed by atoms with Gasteiger partial charge in [-0.2, -0.15) is 0 Å². The molecule has 0 spiro atoms. The number of hydrogen-bond acceptors (Lipinski definition) is 3. The van der Waals surface area contributed by atoms with Crippen molar-refractivity contribution in [3.8, 4) is 0 Å². The predicted molar refractivity (Wildman–Crippen MR) is 82.7 cm³/mol. The van der Waals surface area contributed by atoms with E-state index in [1.807, 2.05) is 38.1 Å². The van der Waals surface area contributed by atoms with E-state index in [0.29, 0.717) is 13.0 Å². The summed E-state index contributed by atoms with van der Waals surface area (Å²) in [5, 5.41) is 12.1. The van der Waals surface area contributed by atoms with Crippen LogP contribution < -0.4 is 5.32 Å². The first-order valence-electron chi connectivity index (χ1n) is 6.59. The molecule has 1 aromatic rings. The highest BCUT2D eigenvalue weighted by atomic mass is 79.9. The number of methoxy groups -OCH3 is 1. The van der Waals surface area contributed by atoms with Gasteiger partial charge in [-0.1, -0.05) is 28.1 Å². The van der Waals surface area contributed by atoms with Crippen molar-refractivity contribution in [1.82, 2.24) is 5.32 Å². The fourth-order valence-electron chi connectivity index (χ4n) is 2.04. The quantitative estimate of drug-likeness (QED) is 0.799. The van der Waals surface area contributed by atoms with Gasteiger partial charge in [0.2, 0.25) is 5.91 Å². The summed E-state index contributed by atoms with van der Waals surface area (Å²) in [5.74, 6) is -0.321. The summed E-state index contributed by atoms with van der Waals surface area (Å²) in [6.07, 6.45) is 0.458. The number of nitrogens with one attached hydrogen (secondary N) is 1. The zero-order valence-electron chi connectivity index (χ0n) is 12.1. The minimum atomic E-state index is -0.551. The zero-order chi connectivity index (χ0) is 15.2. The van der Waals surface area contributed by atoms with Crippen molar-refractivity contribution in [1.29, 1.82) is 0 Å². The topological polar surface area (TPSA) is 58.6 Å². The number of benzene rings is 1. The summed E-state index contributed by atoms with van der Waals surface area (Å²) in [6, 6.07) is 7.68. The fourth-order valence-corrected chi connectivity index (χ4v) is 2.31. The van der Waals surface area contributed by atoms with Gasteiger partial charge in [0, 0.05) is 18.2 Å². The third kappa shape index (κ3) is 4.89. The highest BCUT2D eigenvalue weighted by Gasteiger charge is 2.28. The van der Waals surface area contributed by atoms with Crippen molar-refractivity contribution >= 4 is 21.8 Å². The molecule has 20 heavy (non-hydrogen) atoms. The van der Waals surface area contributed by atoms with Crippen LogP contribution in [0, 0.1) is 0 Å². The van der Waals surface area contributed by atoms with Crippen LogP contribution in [0.15, 0.2) is 28.7 Å². The van der Waals surface area contributed by atoms with Gasteiger partial charge in [0.05, 0.1) is 18.1 Å². The summed E-state index contributed by atoms with van der Waals surface area (Å²) < 4.78 is 6.11. The number of aliphatic hydroxyl groups is 1. The highest BCUT2D eigenvalue weighted by Crippen LogP contribution is 2.20. The standard InChI is InChI=1S/C15H22BrNO3/c1-11(12-4-6-13(16)7-5-12)14(19)17-15(2,8-9-18)10-20-3/h4-7,11,18H,8-10H2,1-3H3,(H,17,19). The maximum atomic E-state index is 12.3. The Morgan fingerprint density at radius 3 is 2.55 bits per heavy atom. The molecule has 0 aliphatic carbocycles. The molecule has 0 heterocycles. The molecule has 2 N–H and O–H groups in total. The van der Waals surface area contributed by atoms with Crippen molar-refractivity contribution in [2.45, 2.75) is 31.7 Å². The number of amides is 1. The number of rotatable bonds is 7. The van der Waals surface area contributed by atoms with Crippen LogP contribution in [-0.4, -0.2) is 36.9 Å². The normalized spacial score (nSPS) is 15.4. The Balaban J connectivity index is 2.75. The molecule has 1 rings (SSSR count). The molecule has 2 atom stereocenters. The second-order valence-electron chi connectivity index (χ2n) is 5.23. The molecular formula is C15H22BrNO3. The van der Waals surface area contributed by atoms with Crippen molar-refractivity contribution in [2.24, 2.45) is 0 Å². The summed E-state index contributed by atoms with van der Waals surface area (Å²) in [6.45, 7) is 4.11. The van der Waals surface area contributed by atoms with Crippen molar-refractivity contribution < 1.29 is 14.6 Å². The van der Waals surface area contributed by atoms with E-state index in [9.17, 15) is 4.79 Å². The van der Waals surface area contributed by atoms with Crippen LogP contribution in [0.4, 0.5) is 0 Å². The summed E-state index contributed by atoms with van der Waals surface area (Å²) in [4.78, 5) is 12.3. The Hall–Kier alpha value is -0.910. The molecule has 0 aromatic heterocycles. The molecule has 1 amide bonds. The summed E-state index contributed by atoms with van der Waals surface area (Å²) in [5.41, 5.74) is 0.402. The third-order valence-corrected chi connectivity index (χ3v) is 3.84. The van der Waals surface area contributed by atoms with Gasteiger partial charge in [-0.3, -0.25) is 4.79 Å². The van der Waals surface area contributed by atoms with E-state index in [1.54, 1.807) is 7.11 Å². The second-order valence-corrected chi connectivity index (χ2v) is 6.15. The molecule has 1 aromatic carbocycles. The molecule has 0 radical (unpaired) electrons. The monoisotopic (exact) mass is 343 g/mol. The van der Waals surface area contributed by atoms with E-state index in [-0.39, 0.29) is 18.4 Å². The largest absolute Gasteiger partial charge is 0.396 e. The van der Waals surface area contributed by atoms with Gasteiger partial charge >= 0.3 is 0 Å². The van der Waals surface area contributed by atoms with Gasteiger partial charge in [-0.05, 0) is 38.0 Å². The lowest BCUT2D eigenvalue weighted by Gasteiger charge is -2.31. The van der Waals surface area contributed by atoms with Gasteiger partial charge in [0.25, 0.3) is 0 Å². The Bertz CT molecular complexity index is 427. The number of carbonyl (C=O) groups excluding carboxylic acids is 1. The Labute approximate surface area is 128 Å². The average Bonchev–Trinajstić information content (AvgIpc) is 2.39. The minimum absolute atomic E-state index is 0.00675. The van der Waals surface area contributed by atoms with Crippen LogP contribution in [0.3, 0.4) is 0 Å². The number of carbonyl (C=O) groups is 1. The van der Waals surface area contributed by atoms with Crippen LogP contribution in [0.5, 0.6) is 0 Å². The maximum absolute atomic E-state index is 12.3. The summed E-state index contributed by atoms with van der Waals surface area (Å²) in [7, 11) is 1.58. The van der Waals surface area contributed by atoms with Crippen molar-refractivity contribution in [2.75, 3.05) is 20.3 Å². The van der Waals surface area contributed by atoms with Gasteiger partial charge in [-0.25, -0.2) is 0 Å². The van der Waals surface area contributed by atoms with Crippen molar-refractivity contribution in [3.05, 3.63) is 34.3 Å². The number of halogens is 1. The number of hydrogen-bond donors (Lipinski definition) is 2. The molecule has 112 valence electrons. The van der Waals surface area contributed by atoms with E-state index >= 15 is 0 Å². The number of ether oxygens (including phenoxy) is 1. The van der Waals surface area contributed by atoms with Crippen LogP contribution in [0.1, 0.15) is 31.7 Å². The smallest absolute Gasteiger partial charge is 0.227 e. The zero-order valence-corrected chi connectivity index (χ0v) is 13.7. The van der Waals surface area contributed by atoms with Crippen molar-refractivity contribution in [3.63, 3.8) is 0 Å². The lowest BCUT2D eigenvalue weighted by Crippen LogP contribution is -2.51. The van der Waals surface area contributed by atoms with E-state index in [1.165, 1.54) is 0 Å². The fraction of sp³-hybridized carbons (Fsp3) is 0.533. The molecule has 0 fully saturated rings. The first-order chi connectivity index (χ1) is 9.41. The van der Waals surface area contributed by atoms with E-state index < -0.39 is 5.54 Å². The molecule has 4 nitrogen and oxygen atoms in total. The van der Waals surface area contributed by atoms with Crippen LogP contribution >= 0.6 is 15.9 Å². The van der Waals surface area contributed by atoms with Crippen LogP contribution in [0.2, 0.25) is 0 Å². The summed E-state index contributed by atoms with van der Waals surface area (Å²) >= 11 is 3.38. The minimum Gasteiger partial charge on any atom is -0.396 e. The van der Waals surface area contributed by atoms with E-state index in [2.05, 4.69) is 21.2 Å². The van der Waals surface area contributed by atoms with E-state index in [0.717, 1.165) is 10.0 Å². The Kier molecular flexibility index (Phi) is 6.65. The first-order valence-corrected chi connectivity index (χ1v) is 7.38. The highest BCUT2D eigenvalue weighted by molar-refractivity contribution is 9.10. The Morgan fingerprint density at radius 1 is 1.45 bits per heavy atom. The second kappa shape index (κ2) is 7.76. The SMILES string of the molecule is COCC(C)(CCO)NC(=O)C(C)c1ccc(Br)cc1. The molecule has 2 unspecified atom stereocenters. The van der Waals surface area contributed by atoms with Gasteiger partial charge < -0.3 is 15.2 Å².